The van der Waals surface area contributed by atoms with E-state index >= 15 is 0 Å². The number of hydrogen-bond acceptors (Lipinski definition) is 1. The van der Waals surface area contributed by atoms with Crippen molar-refractivity contribution in [3.8, 4) is 0 Å². The monoisotopic (exact) mass is 377 g/mol. The molecule has 19 heavy (non-hydrogen) atoms. The first-order chi connectivity index (χ1) is 8.83. The summed E-state index contributed by atoms with van der Waals surface area (Å²) in [4.78, 5) is 4.64. The van der Waals surface area contributed by atoms with Crippen LogP contribution in [0.3, 0.4) is 0 Å². The lowest BCUT2D eigenvalue weighted by atomic mass is 9.86. The van der Waals surface area contributed by atoms with Gasteiger partial charge in [-0.15, -0.1) is 30.6 Å². The molecule has 0 aromatic heterocycles. The molecule has 0 heterocycles. The highest BCUT2D eigenvalue weighted by Crippen LogP contribution is 2.49. The van der Waals surface area contributed by atoms with Crippen molar-refractivity contribution >= 4 is 29.9 Å². The molecule has 3 nitrogen and oxygen atoms in total. The third-order valence-corrected chi connectivity index (χ3v) is 4.41. The van der Waals surface area contributed by atoms with Crippen molar-refractivity contribution in [3.63, 3.8) is 0 Å². The molecule has 0 amide bonds. The van der Waals surface area contributed by atoms with Crippen molar-refractivity contribution in [2.24, 2.45) is 22.7 Å². The Morgan fingerprint density at radius 1 is 1.32 bits per heavy atom. The highest BCUT2D eigenvalue weighted by atomic mass is 127. The van der Waals surface area contributed by atoms with Crippen molar-refractivity contribution in [2.75, 3.05) is 19.6 Å². The van der Waals surface area contributed by atoms with Crippen LogP contribution in [-0.4, -0.2) is 25.6 Å². The second-order valence-electron chi connectivity index (χ2n) is 5.65. The number of nitrogens with zero attached hydrogens (tertiary/aromatic N) is 1. The third-order valence-electron chi connectivity index (χ3n) is 4.41. The molecule has 2 aliphatic rings. The van der Waals surface area contributed by atoms with Crippen molar-refractivity contribution in [1.29, 1.82) is 0 Å². The van der Waals surface area contributed by atoms with Gasteiger partial charge in [0.05, 0.1) is 0 Å². The first-order valence-electron chi connectivity index (χ1n) is 7.46. The Balaban J connectivity index is 0.00000180. The van der Waals surface area contributed by atoms with E-state index < -0.39 is 0 Å². The van der Waals surface area contributed by atoms with Gasteiger partial charge in [0, 0.05) is 19.6 Å². The second kappa shape index (κ2) is 8.82. The molecule has 3 unspecified atom stereocenters. The SMILES string of the molecule is C=CCNC(=NCCC1CC2CCC1C2)NCC.I. The van der Waals surface area contributed by atoms with Crippen molar-refractivity contribution in [2.45, 2.75) is 39.0 Å². The van der Waals surface area contributed by atoms with Crippen LogP contribution in [0.2, 0.25) is 0 Å². The maximum absolute atomic E-state index is 4.64. The Morgan fingerprint density at radius 2 is 2.16 bits per heavy atom. The van der Waals surface area contributed by atoms with Gasteiger partial charge in [-0.05, 0) is 50.4 Å². The fourth-order valence-electron chi connectivity index (χ4n) is 3.58. The summed E-state index contributed by atoms with van der Waals surface area (Å²) in [5.41, 5.74) is 0. The van der Waals surface area contributed by atoms with Crippen LogP contribution in [0.1, 0.15) is 39.0 Å². The summed E-state index contributed by atoms with van der Waals surface area (Å²) in [5, 5.41) is 6.52. The predicted octanol–water partition coefficient (Wildman–Crippen LogP) is 3.17. The zero-order valence-corrected chi connectivity index (χ0v) is 14.4. The molecule has 0 aromatic rings. The normalized spacial score (nSPS) is 28.9. The number of hydrogen-bond donors (Lipinski definition) is 2. The van der Waals surface area contributed by atoms with Crippen LogP contribution in [0, 0.1) is 17.8 Å². The minimum Gasteiger partial charge on any atom is -0.357 e. The predicted molar refractivity (Wildman–Crippen MR) is 93.1 cm³/mol. The number of aliphatic imine (C=N–C) groups is 1. The highest BCUT2D eigenvalue weighted by molar-refractivity contribution is 14.0. The summed E-state index contributed by atoms with van der Waals surface area (Å²) >= 11 is 0. The van der Waals surface area contributed by atoms with Crippen molar-refractivity contribution < 1.29 is 0 Å². The van der Waals surface area contributed by atoms with Gasteiger partial charge in [-0.25, -0.2) is 0 Å². The van der Waals surface area contributed by atoms with Crippen LogP contribution in [0.25, 0.3) is 0 Å². The summed E-state index contributed by atoms with van der Waals surface area (Å²) in [5.74, 6) is 3.96. The number of halogens is 1. The van der Waals surface area contributed by atoms with Gasteiger partial charge in [0.15, 0.2) is 5.96 Å². The van der Waals surface area contributed by atoms with E-state index in [-0.39, 0.29) is 24.0 Å². The van der Waals surface area contributed by atoms with Gasteiger partial charge in [0.2, 0.25) is 0 Å². The fraction of sp³-hybridized carbons (Fsp3) is 0.800. The van der Waals surface area contributed by atoms with E-state index in [1.807, 2.05) is 6.08 Å². The summed E-state index contributed by atoms with van der Waals surface area (Å²) in [7, 11) is 0. The van der Waals surface area contributed by atoms with Gasteiger partial charge in [0.1, 0.15) is 0 Å². The van der Waals surface area contributed by atoms with Crippen LogP contribution in [0.15, 0.2) is 17.6 Å². The highest BCUT2D eigenvalue weighted by Gasteiger charge is 2.38. The lowest BCUT2D eigenvalue weighted by Crippen LogP contribution is -2.37. The van der Waals surface area contributed by atoms with E-state index in [4.69, 9.17) is 0 Å². The van der Waals surface area contributed by atoms with Gasteiger partial charge in [-0.2, -0.15) is 0 Å². The molecule has 2 fully saturated rings. The van der Waals surface area contributed by atoms with Crippen LogP contribution < -0.4 is 10.6 Å². The average molecular weight is 377 g/mol. The number of rotatable bonds is 6. The Hall–Kier alpha value is -0.260. The lowest BCUT2D eigenvalue weighted by molar-refractivity contribution is 0.318. The molecule has 0 radical (unpaired) electrons. The summed E-state index contributed by atoms with van der Waals surface area (Å²) in [6.07, 6.45) is 9.08. The zero-order chi connectivity index (χ0) is 12.8. The minimum absolute atomic E-state index is 0. The van der Waals surface area contributed by atoms with E-state index in [1.54, 1.807) is 0 Å². The van der Waals surface area contributed by atoms with E-state index in [0.29, 0.717) is 0 Å². The Morgan fingerprint density at radius 3 is 2.74 bits per heavy atom. The standard InChI is InChI=1S/C15H27N3.HI/c1-3-8-17-15(16-4-2)18-9-7-14-11-12-5-6-13(14)10-12;/h3,12-14H,1,4-11H2,2H3,(H2,16,17,18);1H. The largest absolute Gasteiger partial charge is 0.357 e. The smallest absolute Gasteiger partial charge is 0.191 e. The quantitative estimate of drug-likeness (QED) is 0.323. The first kappa shape index (κ1) is 16.8. The molecule has 2 aliphatic carbocycles. The molecule has 0 saturated heterocycles. The van der Waals surface area contributed by atoms with Crippen LogP contribution in [0.4, 0.5) is 0 Å². The number of guanidine groups is 1. The minimum atomic E-state index is 0. The molecular weight excluding hydrogens is 349 g/mol. The maximum atomic E-state index is 4.64. The molecule has 4 heteroatoms. The van der Waals surface area contributed by atoms with Gasteiger partial charge in [0.25, 0.3) is 0 Å². The van der Waals surface area contributed by atoms with E-state index in [0.717, 1.165) is 43.3 Å². The van der Waals surface area contributed by atoms with E-state index in [1.165, 1.54) is 32.1 Å². The third kappa shape index (κ3) is 4.97. The summed E-state index contributed by atoms with van der Waals surface area (Å²) in [6.45, 7) is 8.47. The van der Waals surface area contributed by atoms with Gasteiger partial charge in [-0.1, -0.05) is 12.5 Å². The fourth-order valence-corrected chi connectivity index (χ4v) is 3.58. The molecule has 0 aliphatic heterocycles. The average Bonchev–Trinajstić information content (AvgIpc) is 2.98. The zero-order valence-electron chi connectivity index (χ0n) is 12.0. The molecule has 0 spiro atoms. The van der Waals surface area contributed by atoms with Gasteiger partial charge >= 0.3 is 0 Å². The molecule has 0 aromatic carbocycles. The summed E-state index contributed by atoms with van der Waals surface area (Å²) in [6, 6.07) is 0. The number of fused-ring (bicyclic) bond motifs is 2. The molecular formula is C15H28IN3. The Labute approximate surface area is 134 Å². The van der Waals surface area contributed by atoms with Gasteiger partial charge in [-0.3, -0.25) is 4.99 Å². The van der Waals surface area contributed by atoms with Crippen LogP contribution in [0.5, 0.6) is 0 Å². The van der Waals surface area contributed by atoms with Crippen LogP contribution >= 0.6 is 24.0 Å². The molecule has 2 N–H and O–H groups in total. The van der Waals surface area contributed by atoms with Gasteiger partial charge < -0.3 is 10.6 Å². The lowest BCUT2D eigenvalue weighted by Gasteiger charge is -2.20. The Kier molecular flexibility index (Phi) is 7.80. The maximum Gasteiger partial charge on any atom is 0.191 e. The Bertz CT molecular complexity index is 304. The van der Waals surface area contributed by atoms with E-state index in [2.05, 4.69) is 29.1 Å². The summed E-state index contributed by atoms with van der Waals surface area (Å²) < 4.78 is 0. The molecule has 2 saturated carbocycles. The first-order valence-corrected chi connectivity index (χ1v) is 7.46. The van der Waals surface area contributed by atoms with Crippen LogP contribution in [-0.2, 0) is 0 Å². The van der Waals surface area contributed by atoms with E-state index in [9.17, 15) is 0 Å². The molecule has 110 valence electrons. The molecule has 2 rings (SSSR count). The molecule has 2 bridgehead atoms. The van der Waals surface area contributed by atoms with Crippen molar-refractivity contribution in [1.82, 2.24) is 10.6 Å². The molecule has 3 atom stereocenters. The van der Waals surface area contributed by atoms with Crippen molar-refractivity contribution in [3.05, 3.63) is 12.7 Å². The second-order valence-corrected chi connectivity index (χ2v) is 5.65. The number of nitrogens with one attached hydrogen (secondary N) is 2. The topological polar surface area (TPSA) is 36.4 Å².